The first-order valence-electron chi connectivity index (χ1n) is 10.2. The molecule has 1 atom stereocenters. The average molecular weight is 455 g/mol. The van der Waals surface area contributed by atoms with Crippen LogP contribution in [-0.2, 0) is 15.8 Å². The maximum absolute atomic E-state index is 13.3. The number of H-pyrrole nitrogens is 1. The van der Waals surface area contributed by atoms with Crippen LogP contribution >= 0.6 is 0 Å². The number of nitrogens with one attached hydrogen (secondary N) is 3. The van der Waals surface area contributed by atoms with Crippen LogP contribution in [0.15, 0.2) is 60.8 Å². The molecule has 4 N–H and O–H groups in total. The normalized spacial score (nSPS) is 16.7. The number of amides is 1. The van der Waals surface area contributed by atoms with E-state index in [2.05, 4.69) is 15.6 Å². The summed E-state index contributed by atoms with van der Waals surface area (Å²) in [7, 11) is 0. The molecule has 2 aromatic carbocycles. The number of fused-ring (bicyclic) bond motifs is 1. The Morgan fingerprint density at radius 3 is 2.70 bits per heavy atom. The number of aromatic amines is 1. The molecule has 0 saturated heterocycles. The SMILES string of the molecule is O=C(/C=C/c1ccc(C(F)(F)F)cc1C1=CC(C(=O)O)NCC1)Nc1ccc2[nH]ccc2c1. The van der Waals surface area contributed by atoms with Gasteiger partial charge in [-0.15, -0.1) is 0 Å². The summed E-state index contributed by atoms with van der Waals surface area (Å²) < 4.78 is 39.9. The van der Waals surface area contributed by atoms with Crippen molar-refractivity contribution >= 4 is 40.1 Å². The first kappa shape index (κ1) is 22.3. The lowest BCUT2D eigenvalue weighted by atomic mass is 9.91. The lowest BCUT2D eigenvalue weighted by Gasteiger charge is -2.22. The molecule has 9 heteroatoms. The van der Waals surface area contributed by atoms with Crippen molar-refractivity contribution in [2.45, 2.75) is 18.6 Å². The lowest BCUT2D eigenvalue weighted by molar-refractivity contribution is -0.138. The molecule has 1 aromatic heterocycles. The molecular formula is C24H20F3N3O3. The van der Waals surface area contributed by atoms with Gasteiger partial charge in [-0.3, -0.25) is 9.59 Å². The van der Waals surface area contributed by atoms with Gasteiger partial charge >= 0.3 is 12.1 Å². The van der Waals surface area contributed by atoms with Crippen LogP contribution in [-0.4, -0.2) is 34.6 Å². The number of halogens is 3. The highest BCUT2D eigenvalue weighted by Gasteiger charge is 2.31. The number of anilines is 1. The van der Waals surface area contributed by atoms with E-state index >= 15 is 0 Å². The van der Waals surface area contributed by atoms with Gasteiger partial charge < -0.3 is 20.7 Å². The van der Waals surface area contributed by atoms with Crippen LogP contribution in [0.5, 0.6) is 0 Å². The van der Waals surface area contributed by atoms with Crippen LogP contribution in [0.2, 0.25) is 0 Å². The van der Waals surface area contributed by atoms with E-state index in [-0.39, 0.29) is 5.56 Å². The molecule has 0 saturated carbocycles. The van der Waals surface area contributed by atoms with Crippen molar-refractivity contribution in [3.63, 3.8) is 0 Å². The Balaban J connectivity index is 1.62. The fraction of sp³-hybridized carbons (Fsp3) is 0.167. The molecule has 0 aliphatic carbocycles. The zero-order valence-electron chi connectivity index (χ0n) is 17.2. The molecule has 0 bridgehead atoms. The molecule has 2 heterocycles. The maximum Gasteiger partial charge on any atom is 0.416 e. The fourth-order valence-corrected chi connectivity index (χ4v) is 3.73. The highest BCUT2D eigenvalue weighted by atomic mass is 19.4. The minimum absolute atomic E-state index is 0.246. The smallest absolute Gasteiger partial charge is 0.416 e. The van der Waals surface area contributed by atoms with Crippen molar-refractivity contribution in [3.05, 3.63) is 77.5 Å². The lowest BCUT2D eigenvalue weighted by Crippen LogP contribution is -2.38. The van der Waals surface area contributed by atoms with Crippen LogP contribution < -0.4 is 10.6 Å². The summed E-state index contributed by atoms with van der Waals surface area (Å²) >= 11 is 0. The third kappa shape index (κ3) is 5.15. The predicted molar refractivity (Wildman–Crippen MR) is 119 cm³/mol. The molecule has 0 spiro atoms. The maximum atomic E-state index is 13.3. The largest absolute Gasteiger partial charge is 0.480 e. The molecule has 1 aliphatic rings. The molecule has 170 valence electrons. The second kappa shape index (κ2) is 8.95. The number of carbonyl (C=O) groups is 2. The highest BCUT2D eigenvalue weighted by Crippen LogP contribution is 2.34. The molecule has 4 rings (SSSR count). The van der Waals surface area contributed by atoms with E-state index in [0.717, 1.165) is 23.0 Å². The Morgan fingerprint density at radius 1 is 1.12 bits per heavy atom. The third-order valence-electron chi connectivity index (χ3n) is 5.35. The summed E-state index contributed by atoms with van der Waals surface area (Å²) in [5.41, 5.74) is 1.77. The number of carboxylic acids is 1. The van der Waals surface area contributed by atoms with Crippen LogP contribution in [0.3, 0.4) is 0 Å². The number of carboxylic acid groups (broad SMARTS) is 1. The Kier molecular flexibility index (Phi) is 6.06. The van der Waals surface area contributed by atoms with E-state index in [1.54, 1.807) is 18.3 Å². The van der Waals surface area contributed by atoms with Gasteiger partial charge in [-0.1, -0.05) is 12.1 Å². The number of alkyl halides is 3. The van der Waals surface area contributed by atoms with Crippen molar-refractivity contribution in [3.8, 4) is 0 Å². The Morgan fingerprint density at radius 2 is 1.94 bits per heavy atom. The molecule has 1 unspecified atom stereocenters. The molecule has 0 fully saturated rings. The zero-order valence-corrected chi connectivity index (χ0v) is 17.2. The average Bonchev–Trinajstić information content (AvgIpc) is 3.25. The molecule has 0 radical (unpaired) electrons. The van der Waals surface area contributed by atoms with Gasteiger partial charge in [-0.2, -0.15) is 13.2 Å². The highest BCUT2D eigenvalue weighted by molar-refractivity contribution is 6.03. The van der Waals surface area contributed by atoms with Crippen LogP contribution in [0.4, 0.5) is 18.9 Å². The van der Waals surface area contributed by atoms with Crippen molar-refractivity contribution in [1.82, 2.24) is 10.3 Å². The summed E-state index contributed by atoms with van der Waals surface area (Å²) in [4.78, 5) is 26.8. The van der Waals surface area contributed by atoms with Crippen molar-refractivity contribution in [2.24, 2.45) is 0 Å². The monoisotopic (exact) mass is 455 g/mol. The zero-order chi connectivity index (χ0) is 23.6. The van der Waals surface area contributed by atoms with E-state index in [1.807, 2.05) is 12.1 Å². The summed E-state index contributed by atoms with van der Waals surface area (Å²) in [6.07, 6.45) is 1.67. The molecule has 1 amide bonds. The molecule has 6 nitrogen and oxygen atoms in total. The molecule has 3 aromatic rings. The Bertz CT molecular complexity index is 1270. The van der Waals surface area contributed by atoms with E-state index in [1.165, 1.54) is 24.3 Å². The minimum atomic E-state index is -4.55. The number of hydrogen-bond donors (Lipinski definition) is 4. The van der Waals surface area contributed by atoms with Gasteiger partial charge in [0.15, 0.2) is 0 Å². The molecule has 33 heavy (non-hydrogen) atoms. The minimum Gasteiger partial charge on any atom is -0.480 e. The fourth-order valence-electron chi connectivity index (χ4n) is 3.73. The van der Waals surface area contributed by atoms with Crippen LogP contribution in [0.1, 0.15) is 23.1 Å². The van der Waals surface area contributed by atoms with E-state index < -0.39 is 29.7 Å². The van der Waals surface area contributed by atoms with E-state index in [9.17, 15) is 27.9 Å². The molecular weight excluding hydrogens is 435 g/mol. The summed E-state index contributed by atoms with van der Waals surface area (Å²) in [6.45, 7) is 0.310. The van der Waals surface area contributed by atoms with Gasteiger partial charge in [0.25, 0.3) is 0 Å². The summed E-state index contributed by atoms with van der Waals surface area (Å²) in [5, 5.41) is 15.7. The third-order valence-corrected chi connectivity index (χ3v) is 5.35. The van der Waals surface area contributed by atoms with E-state index in [4.69, 9.17) is 0 Å². The van der Waals surface area contributed by atoms with Gasteiger partial charge in [-0.05, 0) is 65.6 Å². The van der Waals surface area contributed by atoms with Crippen molar-refractivity contribution in [2.75, 3.05) is 11.9 Å². The van der Waals surface area contributed by atoms with Gasteiger partial charge in [0.2, 0.25) is 5.91 Å². The summed E-state index contributed by atoms with van der Waals surface area (Å²) in [5.74, 6) is -1.56. The van der Waals surface area contributed by atoms with Gasteiger partial charge in [0.1, 0.15) is 6.04 Å². The number of hydrogen-bond acceptors (Lipinski definition) is 3. The van der Waals surface area contributed by atoms with Crippen molar-refractivity contribution in [1.29, 1.82) is 0 Å². The second-order valence-corrected chi connectivity index (χ2v) is 7.61. The summed E-state index contributed by atoms with van der Waals surface area (Å²) in [6, 6.07) is 9.45. The Hall–Kier alpha value is -3.85. The molecule has 1 aliphatic heterocycles. The number of rotatable bonds is 5. The first-order valence-corrected chi connectivity index (χ1v) is 10.2. The number of aromatic nitrogens is 1. The Labute approximate surface area is 186 Å². The number of aliphatic carboxylic acids is 1. The van der Waals surface area contributed by atoms with Gasteiger partial charge in [0.05, 0.1) is 5.56 Å². The second-order valence-electron chi connectivity index (χ2n) is 7.61. The standard InChI is InChI=1S/C24H20F3N3O3/c25-24(26,27)17-3-1-14(19(13-17)15-7-9-29-21(12-15)23(32)33)2-6-22(31)30-18-4-5-20-16(11-18)8-10-28-20/h1-6,8,10-13,21,28-29H,7,9H2,(H,30,31)(H,32,33)/b6-2+. The first-order chi connectivity index (χ1) is 15.7. The van der Waals surface area contributed by atoms with Crippen LogP contribution in [0.25, 0.3) is 22.6 Å². The van der Waals surface area contributed by atoms with Crippen LogP contribution in [0, 0.1) is 0 Å². The van der Waals surface area contributed by atoms with Gasteiger partial charge in [0, 0.05) is 35.4 Å². The van der Waals surface area contributed by atoms with Gasteiger partial charge in [-0.25, -0.2) is 0 Å². The predicted octanol–water partition coefficient (Wildman–Crippen LogP) is 4.67. The topological polar surface area (TPSA) is 94.2 Å². The number of carbonyl (C=O) groups excluding carboxylic acids is 1. The quantitative estimate of drug-likeness (QED) is 0.421. The van der Waals surface area contributed by atoms with Crippen molar-refractivity contribution < 1.29 is 27.9 Å². The van der Waals surface area contributed by atoms with E-state index in [0.29, 0.717) is 29.8 Å². The number of benzene rings is 2.